The van der Waals surface area contributed by atoms with Crippen molar-refractivity contribution in [2.45, 2.75) is 123 Å². The first-order valence-electron chi connectivity index (χ1n) is 14.6. The standard InChI is InChI=1S/C28H58NO6P/c1-6-8-9-10-11-12-13-14-15-16-17-18-19-20-21-23-33-25-27(35-28(30)7-2)26-34-36(31,32)24-22-29(3,4)5/h27H,6-26H2,1-5H3/p+1. The zero-order valence-corrected chi connectivity index (χ0v) is 25.2. The van der Waals surface area contributed by atoms with Gasteiger partial charge in [0.15, 0.2) is 0 Å². The van der Waals surface area contributed by atoms with Gasteiger partial charge in [0.25, 0.3) is 0 Å². The number of rotatable bonds is 26. The molecule has 0 fully saturated rings. The summed E-state index contributed by atoms with van der Waals surface area (Å²) in [5, 5.41) is 0. The van der Waals surface area contributed by atoms with E-state index in [1.807, 2.05) is 21.1 Å². The molecule has 0 saturated carbocycles. The van der Waals surface area contributed by atoms with Crippen LogP contribution < -0.4 is 0 Å². The van der Waals surface area contributed by atoms with Crippen molar-refractivity contribution >= 4 is 13.6 Å². The van der Waals surface area contributed by atoms with Crippen LogP contribution in [0.25, 0.3) is 0 Å². The van der Waals surface area contributed by atoms with E-state index in [1.165, 1.54) is 83.5 Å². The lowest BCUT2D eigenvalue weighted by Crippen LogP contribution is -2.37. The molecule has 2 atom stereocenters. The predicted octanol–water partition coefficient (Wildman–Crippen LogP) is 7.10. The summed E-state index contributed by atoms with van der Waals surface area (Å²) in [6.07, 6.45) is 19.4. The number of quaternary nitrogens is 1. The number of hydrogen-bond acceptors (Lipinski definition) is 5. The van der Waals surface area contributed by atoms with Crippen LogP contribution in [-0.4, -0.2) is 75.1 Å². The quantitative estimate of drug-likeness (QED) is 0.0549. The summed E-state index contributed by atoms with van der Waals surface area (Å²) < 4.78 is 29.2. The minimum atomic E-state index is -3.73. The maximum atomic E-state index is 12.3. The predicted molar refractivity (Wildman–Crippen MR) is 149 cm³/mol. The average Bonchev–Trinajstić information content (AvgIpc) is 2.82. The highest BCUT2D eigenvalue weighted by atomic mass is 31.2. The number of esters is 1. The summed E-state index contributed by atoms with van der Waals surface area (Å²) in [4.78, 5) is 21.8. The van der Waals surface area contributed by atoms with E-state index in [1.54, 1.807) is 6.92 Å². The summed E-state index contributed by atoms with van der Waals surface area (Å²) in [5.41, 5.74) is 0. The molecule has 0 bridgehead atoms. The van der Waals surface area contributed by atoms with E-state index >= 15 is 0 Å². The number of ether oxygens (including phenoxy) is 2. The lowest BCUT2D eigenvalue weighted by molar-refractivity contribution is -0.867. The third kappa shape index (κ3) is 25.2. The molecule has 0 aliphatic rings. The molecule has 0 aromatic heterocycles. The van der Waals surface area contributed by atoms with Crippen LogP contribution in [0.4, 0.5) is 0 Å². The Bertz CT molecular complexity index is 567. The van der Waals surface area contributed by atoms with Crippen molar-refractivity contribution in [3.05, 3.63) is 0 Å². The maximum absolute atomic E-state index is 12.3. The molecule has 0 rings (SSSR count). The van der Waals surface area contributed by atoms with Gasteiger partial charge in [-0.15, -0.1) is 0 Å². The van der Waals surface area contributed by atoms with Crippen molar-refractivity contribution < 1.29 is 32.7 Å². The Morgan fingerprint density at radius 3 is 1.69 bits per heavy atom. The summed E-state index contributed by atoms with van der Waals surface area (Å²) >= 11 is 0. The van der Waals surface area contributed by atoms with Gasteiger partial charge in [0.2, 0.25) is 0 Å². The molecule has 0 aromatic rings. The number of nitrogens with zero attached hydrogens (tertiary/aromatic N) is 1. The summed E-state index contributed by atoms with van der Waals surface area (Å²) in [5.74, 6) is -0.363. The first-order chi connectivity index (χ1) is 17.1. The minimum Gasteiger partial charge on any atom is -0.457 e. The highest BCUT2D eigenvalue weighted by Crippen LogP contribution is 2.41. The van der Waals surface area contributed by atoms with Crippen molar-refractivity contribution in [2.75, 3.05) is 53.7 Å². The van der Waals surface area contributed by atoms with Gasteiger partial charge in [-0.1, -0.05) is 104 Å². The first kappa shape index (κ1) is 35.5. The fourth-order valence-corrected chi connectivity index (χ4v) is 5.25. The van der Waals surface area contributed by atoms with Gasteiger partial charge in [0.1, 0.15) is 6.10 Å². The van der Waals surface area contributed by atoms with Crippen LogP contribution >= 0.6 is 7.60 Å². The van der Waals surface area contributed by atoms with Crippen molar-refractivity contribution in [3.8, 4) is 0 Å². The average molecular weight is 537 g/mol. The Kier molecular flexibility index (Phi) is 22.2. The number of unbranched alkanes of at least 4 members (excludes halogenated alkanes) is 14. The van der Waals surface area contributed by atoms with Gasteiger partial charge in [-0.2, -0.15) is 0 Å². The van der Waals surface area contributed by atoms with E-state index in [0.717, 1.165) is 12.8 Å². The first-order valence-corrected chi connectivity index (χ1v) is 16.4. The number of carbonyl (C=O) groups excluding carboxylic acids is 1. The molecule has 0 saturated heterocycles. The Labute approximate surface area is 222 Å². The fraction of sp³-hybridized carbons (Fsp3) is 0.964. The van der Waals surface area contributed by atoms with E-state index in [-0.39, 0.29) is 31.8 Å². The smallest absolute Gasteiger partial charge is 0.333 e. The van der Waals surface area contributed by atoms with Crippen LogP contribution in [0.3, 0.4) is 0 Å². The fourth-order valence-electron chi connectivity index (χ4n) is 3.87. The number of carbonyl (C=O) groups is 1. The third-order valence-electron chi connectivity index (χ3n) is 6.30. The summed E-state index contributed by atoms with van der Waals surface area (Å²) in [6.45, 7) is 5.15. The van der Waals surface area contributed by atoms with E-state index in [9.17, 15) is 14.3 Å². The molecular weight excluding hydrogens is 477 g/mol. The summed E-state index contributed by atoms with van der Waals surface area (Å²) in [7, 11) is 2.13. The van der Waals surface area contributed by atoms with Gasteiger partial charge >= 0.3 is 13.6 Å². The highest BCUT2D eigenvalue weighted by Gasteiger charge is 2.26. The Balaban J connectivity index is 3.82. The van der Waals surface area contributed by atoms with Crippen molar-refractivity contribution in [3.63, 3.8) is 0 Å². The molecule has 0 aliphatic heterocycles. The molecule has 0 aliphatic carbocycles. The molecule has 7 nitrogen and oxygen atoms in total. The van der Waals surface area contributed by atoms with Gasteiger partial charge < -0.3 is 23.4 Å². The number of hydrogen-bond donors (Lipinski definition) is 1. The van der Waals surface area contributed by atoms with Gasteiger partial charge in [0, 0.05) is 13.0 Å². The lowest BCUT2D eigenvalue weighted by Gasteiger charge is -2.25. The van der Waals surface area contributed by atoms with E-state index in [4.69, 9.17) is 14.0 Å². The largest absolute Gasteiger partial charge is 0.457 e. The topological polar surface area (TPSA) is 82.1 Å². The Morgan fingerprint density at radius 2 is 1.25 bits per heavy atom. The van der Waals surface area contributed by atoms with Gasteiger partial charge in [-0.05, 0) is 6.42 Å². The minimum absolute atomic E-state index is 0.0604. The van der Waals surface area contributed by atoms with E-state index in [2.05, 4.69) is 6.92 Å². The Morgan fingerprint density at radius 1 is 0.778 bits per heavy atom. The molecule has 0 spiro atoms. The summed E-state index contributed by atoms with van der Waals surface area (Å²) in [6, 6.07) is 0. The molecule has 8 heteroatoms. The van der Waals surface area contributed by atoms with Crippen molar-refractivity contribution in [1.29, 1.82) is 0 Å². The monoisotopic (exact) mass is 536 g/mol. The molecular formula is C28H59NO6P+. The molecule has 0 aromatic carbocycles. The van der Waals surface area contributed by atoms with Crippen LogP contribution in [0, 0.1) is 0 Å². The van der Waals surface area contributed by atoms with Crippen molar-refractivity contribution in [2.24, 2.45) is 0 Å². The molecule has 36 heavy (non-hydrogen) atoms. The zero-order valence-electron chi connectivity index (χ0n) is 24.3. The zero-order chi connectivity index (χ0) is 27.1. The van der Waals surface area contributed by atoms with Gasteiger partial charge in [0.05, 0.1) is 47.1 Å². The second-order valence-electron chi connectivity index (χ2n) is 11.2. The third-order valence-corrected chi connectivity index (χ3v) is 7.62. The van der Waals surface area contributed by atoms with Crippen LogP contribution in [0.2, 0.25) is 0 Å². The molecule has 2 unspecified atom stereocenters. The molecule has 0 heterocycles. The molecule has 0 amide bonds. The van der Waals surface area contributed by atoms with Gasteiger partial charge in [-0.25, -0.2) is 0 Å². The highest BCUT2D eigenvalue weighted by molar-refractivity contribution is 7.52. The van der Waals surface area contributed by atoms with Crippen LogP contribution in [0.5, 0.6) is 0 Å². The Hall–Kier alpha value is -0.460. The molecule has 1 N–H and O–H groups in total. The van der Waals surface area contributed by atoms with Gasteiger partial charge in [-0.3, -0.25) is 9.36 Å². The second kappa shape index (κ2) is 22.5. The van der Waals surface area contributed by atoms with Crippen LogP contribution in [0.15, 0.2) is 0 Å². The van der Waals surface area contributed by atoms with Crippen molar-refractivity contribution in [1.82, 2.24) is 0 Å². The lowest BCUT2D eigenvalue weighted by atomic mass is 10.0. The van der Waals surface area contributed by atoms with Crippen LogP contribution in [-0.2, 0) is 23.4 Å². The molecule has 216 valence electrons. The molecule has 0 radical (unpaired) electrons. The second-order valence-corrected chi connectivity index (χ2v) is 13.1. The van der Waals surface area contributed by atoms with Crippen LogP contribution in [0.1, 0.15) is 117 Å². The van der Waals surface area contributed by atoms with E-state index in [0.29, 0.717) is 17.6 Å². The van der Waals surface area contributed by atoms with E-state index < -0.39 is 13.7 Å². The normalized spacial score (nSPS) is 14.5. The SMILES string of the molecule is CCCCCCCCCCCCCCCCCOCC(COP(=O)(O)CC[N+](C)(C)C)OC(=O)CC. The maximum Gasteiger partial charge on any atom is 0.333 e.